The van der Waals surface area contributed by atoms with Gasteiger partial charge in [-0.2, -0.15) is 0 Å². The number of benzene rings is 2. The highest BCUT2D eigenvalue weighted by atomic mass is 35.5. The fourth-order valence-corrected chi connectivity index (χ4v) is 2.69. The molecule has 1 heterocycles. The van der Waals surface area contributed by atoms with Gasteiger partial charge in [-0.3, -0.25) is 0 Å². The largest absolute Gasteiger partial charge is 0.497 e. The van der Waals surface area contributed by atoms with Crippen LogP contribution in [0.3, 0.4) is 0 Å². The molecule has 5 nitrogen and oxygen atoms in total. The van der Waals surface area contributed by atoms with Crippen LogP contribution in [0.2, 0.25) is 5.02 Å². The number of nitrogens with zero attached hydrogens (tertiary/aromatic N) is 2. The van der Waals surface area contributed by atoms with E-state index in [0.29, 0.717) is 17.4 Å². The second-order valence-electron chi connectivity index (χ2n) is 5.30. The molecule has 0 aliphatic carbocycles. The molecule has 3 aromatic rings. The summed E-state index contributed by atoms with van der Waals surface area (Å²) in [6.07, 6.45) is 1.52. The lowest BCUT2D eigenvalue weighted by molar-refractivity contribution is 0.391. The molecule has 0 saturated carbocycles. The summed E-state index contributed by atoms with van der Waals surface area (Å²) in [5, 5.41) is 3.94. The second kappa shape index (κ2) is 7.85. The van der Waals surface area contributed by atoms with E-state index in [9.17, 15) is 0 Å². The second-order valence-corrected chi connectivity index (χ2v) is 5.71. The predicted molar refractivity (Wildman–Crippen MR) is 99.4 cm³/mol. The normalized spacial score (nSPS) is 10.4. The van der Waals surface area contributed by atoms with Crippen molar-refractivity contribution >= 4 is 17.4 Å². The number of ether oxygens (including phenoxy) is 2. The van der Waals surface area contributed by atoms with Crippen molar-refractivity contribution in [3.05, 3.63) is 65.4 Å². The van der Waals surface area contributed by atoms with Crippen LogP contribution >= 0.6 is 11.6 Å². The highest BCUT2D eigenvalue weighted by molar-refractivity contribution is 6.33. The minimum atomic E-state index is 0.562. The van der Waals surface area contributed by atoms with Crippen LogP contribution in [-0.4, -0.2) is 24.2 Å². The number of methoxy groups -OCH3 is 2. The van der Waals surface area contributed by atoms with E-state index in [1.807, 2.05) is 48.5 Å². The minimum absolute atomic E-state index is 0.562. The van der Waals surface area contributed by atoms with Crippen LogP contribution in [0.1, 0.15) is 5.56 Å². The van der Waals surface area contributed by atoms with Crippen molar-refractivity contribution in [2.45, 2.75) is 6.54 Å². The van der Waals surface area contributed by atoms with E-state index in [2.05, 4.69) is 15.3 Å². The van der Waals surface area contributed by atoms with Gasteiger partial charge in [-0.25, -0.2) is 9.97 Å². The number of halogens is 1. The first-order valence-corrected chi connectivity index (χ1v) is 8.11. The summed E-state index contributed by atoms with van der Waals surface area (Å²) >= 11 is 6.24. The predicted octanol–water partition coefficient (Wildman–Crippen LogP) is 4.43. The van der Waals surface area contributed by atoms with Crippen molar-refractivity contribution in [1.82, 2.24) is 9.97 Å². The first kappa shape index (κ1) is 17.0. The van der Waals surface area contributed by atoms with Gasteiger partial charge >= 0.3 is 0 Å². The molecule has 0 atom stereocenters. The van der Waals surface area contributed by atoms with Gasteiger partial charge in [0.2, 0.25) is 0 Å². The summed E-state index contributed by atoms with van der Waals surface area (Å²) in [5.41, 5.74) is 2.64. The Balaban J connectivity index is 1.79. The van der Waals surface area contributed by atoms with Gasteiger partial charge in [0.25, 0.3) is 0 Å². The zero-order chi connectivity index (χ0) is 17.6. The molecule has 2 aromatic carbocycles. The third-order valence-electron chi connectivity index (χ3n) is 3.77. The molecule has 0 aliphatic heterocycles. The van der Waals surface area contributed by atoms with Crippen LogP contribution in [0.25, 0.3) is 11.3 Å². The van der Waals surface area contributed by atoms with Crippen LogP contribution < -0.4 is 14.8 Å². The Morgan fingerprint density at radius 2 is 1.84 bits per heavy atom. The van der Waals surface area contributed by atoms with Gasteiger partial charge in [0, 0.05) is 34.8 Å². The summed E-state index contributed by atoms with van der Waals surface area (Å²) in [6, 6.07) is 15.2. The average Bonchev–Trinajstić information content (AvgIpc) is 2.66. The van der Waals surface area contributed by atoms with Gasteiger partial charge < -0.3 is 14.8 Å². The number of anilines is 1. The quantitative estimate of drug-likeness (QED) is 0.709. The van der Waals surface area contributed by atoms with Crippen LogP contribution in [0.15, 0.2) is 54.9 Å². The van der Waals surface area contributed by atoms with Gasteiger partial charge in [0.1, 0.15) is 23.6 Å². The maximum absolute atomic E-state index is 6.24. The molecule has 0 saturated heterocycles. The fourth-order valence-electron chi connectivity index (χ4n) is 2.45. The Kier molecular flexibility index (Phi) is 5.36. The lowest BCUT2D eigenvalue weighted by atomic mass is 10.1. The van der Waals surface area contributed by atoms with Gasteiger partial charge in [-0.15, -0.1) is 0 Å². The average molecular weight is 356 g/mol. The van der Waals surface area contributed by atoms with E-state index in [1.165, 1.54) is 6.33 Å². The summed E-state index contributed by atoms with van der Waals surface area (Å²) < 4.78 is 10.6. The molecule has 128 valence electrons. The van der Waals surface area contributed by atoms with Crippen molar-refractivity contribution < 1.29 is 9.47 Å². The van der Waals surface area contributed by atoms with Crippen molar-refractivity contribution in [3.63, 3.8) is 0 Å². The van der Waals surface area contributed by atoms with Gasteiger partial charge in [-0.05, 0) is 18.2 Å². The van der Waals surface area contributed by atoms with Crippen LogP contribution in [0.5, 0.6) is 11.5 Å². The Labute approximate surface area is 151 Å². The number of hydrogen-bond donors (Lipinski definition) is 1. The molecule has 1 N–H and O–H groups in total. The maximum Gasteiger partial charge on any atom is 0.130 e. The molecule has 0 bridgehead atoms. The van der Waals surface area contributed by atoms with Gasteiger partial charge in [0.15, 0.2) is 0 Å². The van der Waals surface area contributed by atoms with Gasteiger partial charge in [0.05, 0.1) is 19.9 Å². The summed E-state index contributed by atoms with van der Waals surface area (Å²) in [6.45, 7) is 0.562. The van der Waals surface area contributed by atoms with Gasteiger partial charge in [-0.1, -0.05) is 29.8 Å². The summed E-state index contributed by atoms with van der Waals surface area (Å²) in [4.78, 5) is 8.57. The highest BCUT2D eigenvalue weighted by Crippen LogP contribution is 2.28. The minimum Gasteiger partial charge on any atom is -0.497 e. The van der Waals surface area contributed by atoms with Crippen molar-refractivity contribution in [1.29, 1.82) is 0 Å². The van der Waals surface area contributed by atoms with E-state index in [1.54, 1.807) is 14.2 Å². The molecule has 25 heavy (non-hydrogen) atoms. The zero-order valence-electron chi connectivity index (χ0n) is 14.0. The maximum atomic E-state index is 6.24. The topological polar surface area (TPSA) is 56.3 Å². The molecular weight excluding hydrogens is 338 g/mol. The molecule has 1 aromatic heterocycles. The highest BCUT2D eigenvalue weighted by Gasteiger charge is 2.08. The number of rotatable bonds is 6. The van der Waals surface area contributed by atoms with Crippen LogP contribution in [-0.2, 0) is 6.54 Å². The smallest absolute Gasteiger partial charge is 0.130 e. The fraction of sp³-hybridized carbons (Fsp3) is 0.158. The molecule has 0 unspecified atom stereocenters. The zero-order valence-corrected chi connectivity index (χ0v) is 14.7. The van der Waals surface area contributed by atoms with E-state index >= 15 is 0 Å². The Bertz CT molecular complexity index is 871. The number of aromatic nitrogens is 2. The molecule has 6 heteroatoms. The standard InChI is InChI=1S/C19H18ClN3O2/c1-24-14-8-7-13(18(9-14)25-2)11-21-19-10-17(22-12-23-19)15-5-3-4-6-16(15)20/h3-10,12H,11H2,1-2H3,(H,21,22,23). The summed E-state index contributed by atoms with van der Waals surface area (Å²) in [7, 11) is 3.27. The first-order valence-electron chi connectivity index (χ1n) is 7.73. The van der Waals surface area contributed by atoms with E-state index in [-0.39, 0.29) is 0 Å². The van der Waals surface area contributed by atoms with E-state index < -0.39 is 0 Å². The molecule has 0 aliphatic rings. The number of nitrogens with one attached hydrogen (secondary N) is 1. The Hall–Kier alpha value is -2.79. The summed E-state index contributed by atoms with van der Waals surface area (Å²) in [5.74, 6) is 2.22. The van der Waals surface area contributed by atoms with E-state index in [4.69, 9.17) is 21.1 Å². The van der Waals surface area contributed by atoms with Crippen molar-refractivity contribution in [2.24, 2.45) is 0 Å². The van der Waals surface area contributed by atoms with Crippen LogP contribution in [0.4, 0.5) is 5.82 Å². The van der Waals surface area contributed by atoms with Crippen molar-refractivity contribution in [2.75, 3.05) is 19.5 Å². The molecule has 0 amide bonds. The molecular formula is C19H18ClN3O2. The van der Waals surface area contributed by atoms with Crippen LogP contribution in [0, 0.1) is 0 Å². The monoisotopic (exact) mass is 355 g/mol. The van der Waals surface area contributed by atoms with E-state index in [0.717, 1.165) is 28.3 Å². The Morgan fingerprint density at radius 1 is 1.00 bits per heavy atom. The molecule has 0 spiro atoms. The SMILES string of the molecule is COc1ccc(CNc2cc(-c3ccccc3Cl)ncn2)c(OC)c1. The third kappa shape index (κ3) is 4.00. The lowest BCUT2D eigenvalue weighted by Crippen LogP contribution is -2.04. The Morgan fingerprint density at radius 3 is 2.60 bits per heavy atom. The molecule has 0 radical (unpaired) electrons. The molecule has 3 rings (SSSR count). The molecule has 0 fully saturated rings. The van der Waals surface area contributed by atoms with Crippen molar-refractivity contribution in [3.8, 4) is 22.8 Å². The lowest BCUT2D eigenvalue weighted by Gasteiger charge is -2.12. The third-order valence-corrected chi connectivity index (χ3v) is 4.10. The number of hydrogen-bond acceptors (Lipinski definition) is 5. The first-order chi connectivity index (χ1) is 12.2.